The third-order valence-corrected chi connectivity index (χ3v) is 4.80. The number of halogens is 1. The van der Waals surface area contributed by atoms with E-state index in [0.29, 0.717) is 11.5 Å². The molecule has 1 aromatic heterocycles. The molecular weight excluding hydrogens is 302 g/mol. The van der Waals surface area contributed by atoms with Gasteiger partial charge in [0.05, 0.1) is 21.6 Å². The normalized spacial score (nSPS) is 14.9. The Hall–Kier alpha value is -0.200. The smallest absolute Gasteiger partial charge is 0.0767 e. The van der Waals surface area contributed by atoms with Crippen molar-refractivity contribution < 1.29 is 4.21 Å². The van der Waals surface area contributed by atoms with E-state index in [1.54, 1.807) is 0 Å². The average Bonchev–Trinajstić information content (AvgIpc) is 2.53. The van der Waals surface area contributed by atoms with E-state index < -0.39 is 10.8 Å². The van der Waals surface area contributed by atoms with Gasteiger partial charge in [0.15, 0.2) is 0 Å². The summed E-state index contributed by atoms with van der Waals surface area (Å²) in [5.74, 6) is 1.19. The second-order valence-corrected chi connectivity index (χ2v) is 6.61. The van der Waals surface area contributed by atoms with E-state index in [0.717, 1.165) is 28.7 Å². The molecule has 0 aliphatic heterocycles. The predicted molar refractivity (Wildman–Crippen MR) is 75.3 cm³/mol. The van der Waals surface area contributed by atoms with Gasteiger partial charge in [-0.05, 0) is 35.7 Å². The zero-order chi connectivity index (χ0) is 13.0. The molecule has 0 fully saturated rings. The third kappa shape index (κ3) is 4.19. The highest BCUT2D eigenvalue weighted by atomic mass is 79.9. The van der Waals surface area contributed by atoms with Crippen molar-refractivity contribution in [1.29, 1.82) is 0 Å². The fourth-order valence-electron chi connectivity index (χ4n) is 1.52. The Bertz CT molecular complexity index is 404. The van der Waals surface area contributed by atoms with E-state index in [4.69, 9.17) is 5.73 Å². The molecule has 1 heterocycles. The lowest BCUT2D eigenvalue weighted by Gasteiger charge is -2.06. The van der Waals surface area contributed by atoms with Crippen molar-refractivity contribution in [3.8, 4) is 0 Å². The summed E-state index contributed by atoms with van der Waals surface area (Å²) < 4.78 is 14.7. The molecule has 0 aliphatic rings. The van der Waals surface area contributed by atoms with Crippen molar-refractivity contribution in [3.63, 3.8) is 0 Å². The number of nitrogens with zero attached hydrogens (tertiary/aromatic N) is 2. The first-order valence-electron chi connectivity index (χ1n) is 5.76. The summed E-state index contributed by atoms with van der Waals surface area (Å²) in [6.07, 6.45) is 1.67. The molecule has 0 spiro atoms. The van der Waals surface area contributed by atoms with Gasteiger partial charge in [-0.15, -0.1) is 0 Å². The fourth-order valence-corrected chi connectivity index (χ4v) is 3.88. The summed E-state index contributed by atoms with van der Waals surface area (Å²) >= 11 is 3.53. The van der Waals surface area contributed by atoms with Crippen LogP contribution >= 0.6 is 15.9 Å². The highest BCUT2D eigenvalue weighted by Gasteiger charge is 2.15. The first kappa shape index (κ1) is 14.9. The fraction of sp³-hybridized carbons (Fsp3) is 0.727. The first-order valence-corrected chi connectivity index (χ1v) is 8.04. The Morgan fingerprint density at radius 3 is 2.71 bits per heavy atom. The molecule has 2 unspecified atom stereocenters. The van der Waals surface area contributed by atoms with Gasteiger partial charge >= 0.3 is 0 Å². The van der Waals surface area contributed by atoms with Gasteiger partial charge in [-0.1, -0.05) is 6.92 Å². The molecule has 0 saturated heterocycles. The van der Waals surface area contributed by atoms with Gasteiger partial charge in [0.25, 0.3) is 0 Å². The highest BCUT2D eigenvalue weighted by molar-refractivity contribution is 9.10. The van der Waals surface area contributed by atoms with Gasteiger partial charge in [-0.3, -0.25) is 8.89 Å². The maximum atomic E-state index is 11.9. The van der Waals surface area contributed by atoms with Crippen LogP contribution in [0, 0.1) is 0 Å². The van der Waals surface area contributed by atoms with Crippen LogP contribution in [0.4, 0.5) is 0 Å². The minimum atomic E-state index is -0.872. The topological polar surface area (TPSA) is 60.9 Å². The van der Waals surface area contributed by atoms with Gasteiger partial charge in [0.2, 0.25) is 0 Å². The van der Waals surface area contributed by atoms with E-state index in [1.807, 2.05) is 18.7 Å². The molecular formula is C11H20BrN3OS. The maximum Gasteiger partial charge on any atom is 0.0767 e. The van der Waals surface area contributed by atoms with Crippen LogP contribution in [-0.2, 0) is 30.0 Å². The highest BCUT2D eigenvalue weighted by Crippen LogP contribution is 2.22. The summed E-state index contributed by atoms with van der Waals surface area (Å²) in [5.41, 5.74) is 7.68. The SMILES string of the molecule is CCc1nn(C)c(CS(=O)CCC(C)N)c1Br. The van der Waals surface area contributed by atoms with Crippen LogP contribution < -0.4 is 5.73 Å². The van der Waals surface area contributed by atoms with Crippen molar-refractivity contribution in [2.24, 2.45) is 12.8 Å². The van der Waals surface area contributed by atoms with Gasteiger partial charge in [0, 0.05) is 29.6 Å². The Morgan fingerprint density at radius 1 is 1.59 bits per heavy atom. The summed E-state index contributed by atoms with van der Waals surface area (Å²) in [7, 11) is 1.02. The van der Waals surface area contributed by atoms with Crippen LogP contribution in [0.2, 0.25) is 0 Å². The van der Waals surface area contributed by atoms with Crippen LogP contribution in [0.25, 0.3) is 0 Å². The van der Waals surface area contributed by atoms with E-state index in [2.05, 4.69) is 28.0 Å². The van der Waals surface area contributed by atoms with Crippen molar-refractivity contribution in [1.82, 2.24) is 9.78 Å². The number of aromatic nitrogens is 2. The summed E-state index contributed by atoms with van der Waals surface area (Å²) in [6.45, 7) is 4.00. The molecule has 0 bridgehead atoms. The molecule has 6 heteroatoms. The molecule has 98 valence electrons. The largest absolute Gasteiger partial charge is 0.328 e. The standard InChI is InChI=1S/C11H20BrN3OS/c1-4-9-11(12)10(15(3)14-9)7-17(16)6-5-8(2)13/h8H,4-7,13H2,1-3H3. The first-order chi connectivity index (χ1) is 7.95. The second kappa shape index (κ2) is 6.66. The van der Waals surface area contributed by atoms with Gasteiger partial charge < -0.3 is 5.73 Å². The molecule has 1 rings (SSSR count). The van der Waals surface area contributed by atoms with Gasteiger partial charge in [-0.25, -0.2) is 0 Å². The quantitative estimate of drug-likeness (QED) is 0.868. The molecule has 0 radical (unpaired) electrons. The van der Waals surface area contributed by atoms with Crippen LogP contribution in [0.15, 0.2) is 4.47 Å². The number of aryl methyl sites for hydroxylation is 2. The zero-order valence-electron chi connectivity index (χ0n) is 10.6. The van der Waals surface area contributed by atoms with Crippen molar-refractivity contribution in [2.75, 3.05) is 5.75 Å². The molecule has 4 nitrogen and oxygen atoms in total. The van der Waals surface area contributed by atoms with Crippen LogP contribution in [0.3, 0.4) is 0 Å². The monoisotopic (exact) mass is 321 g/mol. The molecule has 0 amide bonds. The van der Waals surface area contributed by atoms with Gasteiger partial charge in [0.1, 0.15) is 0 Å². The lowest BCUT2D eigenvalue weighted by atomic mass is 10.3. The van der Waals surface area contributed by atoms with Crippen LogP contribution in [-0.4, -0.2) is 25.8 Å². The number of hydrogen-bond donors (Lipinski definition) is 1. The summed E-state index contributed by atoms with van der Waals surface area (Å²) in [5, 5.41) is 4.39. The van der Waals surface area contributed by atoms with Crippen molar-refractivity contribution >= 4 is 26.7 Å². The van der Waals surface area contributed by atoms with Crippen LogP contribution in [0.5, 0.6) is 0 Å². The minimum Gasteiger partial charge on any atom is -0.328 e. The number of hydrogen-bond acceptors (Lipinski definition) is 3. The lowest BCUT2D eigenvalue weighted by molar-refractivity contribution is 0.662. The Labute approximate surface area is 114 Å². The Morgan fingerprint density at radius 2 is 2.24 bits per heavy atom. The van der Waals surface area contributed by atoms with E-state index in [9.17, 15) is 4.21 Å². The van der Waals surface area contributed by atoms with Crippen LogP contribution in [0.1, 0.15) is 31.7 Å². The predicted octanol–water partition coefficient (Wildman–Crippen LogP) is 1.73. The molecule has 17 heavy (non-hydrogen) atoms. The Balaban J connectivity index is 2.68. The third-order valence-electron chi connectivity index (χ3n) is 2.60. The van der Waals surface area contributed by atoms with E-state index in [1.165, 1.54) is 0 Å². The lowest BCUT2D eigenvalue weighted by Crippen LogP contribution is -2.18. The van der Waals surface area contributed by atoms with E-state index >= 15 is 0 Å². The zero-order valence-corrected chi connectivity index (χ0v) is 13.0. The van der Waals surface area contributed by atoms with Crippen molar-refractivity contribution in [3.05, 3.63) is 15.9 Å². The van der Waals surface area contributed by atoms with Gasteiger partial charge in [-0.2, -0.15) is 5.10 Å². The molecule has 2 atom stereocenters. The number of nitrogens with two attached hydrogens (primary N) is 1. The minimum absolute atomic E-state index is 0.111. The molecule has 2 N–H and O–H groups in total. The Kier molecular flexibility index (Phi) is 5.82. The second-order valence-electron chi connectivity index (χ2n) is 4.24. The molecule has 0 saturated carbocycles. The van der Waals surface area contributed by atoms with Crippen molar-refractivity contribution in [2.45, 2.75) is 38.5 Å². The number of rotatable bonds is 6. The molecule has 0 aliphatic carbocycles. The molecule has 1 aromatic rings. The molecule has 0 aromatic carbocycles. The summed E-state index contributed by atoms with van der Waals surface area (Å²) in [4.78, 5) is 0. The van der Waals surface area contributed by atoms with E-state index in [-0.39, 0.29) is 6.04 Å². The maximum absolute atomic E-state index is 11.9. The summed E-state index contributed by atoms with van der Waals surface area (Å²) in [6, 6.07) is 0.111. The average molecular weight is 322 g/mol.